The van der Waals surface area contributed by atoms with Crippen molar-refractivity contribution in [3.8, 4) is 0 Å². The highest BCUT2D eigenvalue weighted by Crippen LogP contribution is 2.27. The van der Waals surface area contributed by atoms with Crippen LogP contribution in [-0.2, 0) is 6.54 Å². The van der Waals surface area contributed by atoms with Crippen LogP contribution in [0.15, 0.2) is 40.5 Å². The number of hydrogen-bond donors (Lipinski definition) is 1. The van der Waals surface area contributed by atoms with Crippen molar-refractivity contribution in [3.63, 3.8) is 0 Å². The fourth-order valence-electron chi connectivity index (χ4n) is 3.91. The fourth-order valence-corrected chi connectivity index (χ4v) is 5.07. The molecule has 0 saturated carbocycles. The summed E-state index contributed by atoms with van der Waals surface area (Å²) in [4.78, 5) is 35.4. The maximum Gasteiger partial charge on any atom is 0.281 e. The smallest absolute Gasteiger partial charge is 0.281 e. The number of nitrogens with zero attached hydrogens (tertiary/aromatic N) is 5. The summed E-state index contributed by atoms with van der Waals surface area (Å²) in [5.41, 5.74) is 1.07. The predicted octanol–water partition coefficient (Wildman–Crippen LogP) is 3.95. The number of halogens is 2. The van der Waals surface area contributed by atoms with Gasteiger partial charge in [0.05, 0.1) is 11.4 Å². The predicted molar refractivity (Wildman–Crippen MR) is 124 cm³/mol. The largest absolute Gasteiger partial charge is 0.338 e. The van der Waals surface area contributed by atoms with E-state index in [0.717, 1.165) is 23.3 Å². The highest BCUT2D eigenvalue weighted by atomic mass is 35.5. The molecule has 1 amide bonds. The molecule has 5 rings (SSSR count). The van der Waals surface area contributed by atoms with E-state index in [-0.39, 0.29) is 22.9 Å². The minimum absolute atomic E-state index is 0.0435. The maximum absolute atomic E-state index is 12.6. The Balaban J connectivity index is 1.38. The van der Waals surface area contributed by atoms with Crippen LogP contribution in [0.1, 0.15) is 39.8 Å². The normalized spacial score (nSPS) is 14.9. The maximum atomic E-state index is 12.6. The Kier molecular flexibility index (Phi) is 5.71. The molecule has 4 aromatic rings. The zero-order valence-corrected chi connectivity index (χ0v) is 19.1. The van der Waals surface area contributed by atoms with Crippen molar-refractivity contribution in [2.45, 2.75) is 25.3 Å². The molecule has 11 heteroatoms. The van der Waals surface area contributed by atoms with Crippen molar-refractivity contribution in [2.75, 3.05) is 13.1 Å². The van der Waals surface area contributed by atoms with Gasteiger partial charge in [-0.3, -0.25) is 9.59 Å². The van der Waals surface area contributed by atoms with Crippen molar-refractivity contribution < 1.29 is 4.79 Å². The van der Waals surface area contributed by atoms with Crippen LogP contribution in [0.25, 0.3) is 11.2 Å². The molecule has 4 heterocycles. The monoisotopic (exact) mass is 488 g/mol. The summed E-state index contributed by atoms with van der Waals surface area (Å²) in [6.07, 6.45) is 1.44. The molecule has 0 aliphatic carbocycles. The molecular formula is C21H18Cl2N6O2S. The van der Waals surface area contributed by atoms with Gasteiger partial charge < -0.3 is 9.88 Å². The molecule has 0 radical (unpaired) electrons. The summed E-state index contributed by atoms with van der Waals surface area (Å²) < 4.78 is 1.57. The van der Waals surface area contributed by atoms with Crippen LogP contribution in [0.2, 0.25) is 10.0 Å². The summed E-state index contributed by atoms with van der Waals surface area (Å²) in [6, 6.07) is 8.94. The number of carbonyl (C=O) groups is 1. The van der Waals surface area contributed by atoms with Crippen molar-refractivity contribution >= 4 is 51.6 Å². The lowest BCUT2D eigenvalue weighted by Crippen LogP contribution is -2.38. The standard InChI is InChI=1S/C21H18Cl2N6O2S/c22-14-4-3-13(15(23)10-14)11-29-19-17(26-27-29)20(30)25-18(24-19)12-5-7-28(8-6-12)21(31)16-2-1-9-32-16/h1-4,9-10,12H,5-8,11H2,(H,24,25,30). The number of hydrogen-bond acceptors (Lipinski definition) is 6. The molecule has 1 aromatic carbocycles. The Morgan fingerprint density at radius 2 is 2.03 bits per heavy atom. The van der Waals surface area contributed by atoms with Gasteiger partial charge in [0.15, 0.2) is 11.2 Å². The van der Waals surface area contributed by atoms with E-state index in [1.165, 1.54) is 11.3 Å². The number of carbonyl (C=O) groups excluding carboxylic acids is 1. The molecule has 0 bridgehead atoms. The molecule has 0 atom stereocenters. The van der Waals surface area contributed by atoms with Gasteiger partial charge in [0.25, 0.3) is 11.5 Å². The number of likely N-dealkylation sites (tertiary alicyclic amines) is 1. The fraction of sp³-hybridized carbons (Fsp3) is 0.286. The number of aromatic nitrogens is 5. The summed E-state index contributed by atoms with van der Waals surface area (Å²) >= 11 is 13.7. The van der Waals surface area contributed by atoms with E-state index in [2.05, 4.69) is 15.3 Å². The van der Waals surface area contributed by atoms with E-state index in [1.807, 2.05) is 28.5 Å². The second kappa shape index (κ2) is 8.65. The van der Waals surface area contributed by atoms with E-state index in [0.29, 0.717) is 41.2 Å². The molecule has 0 unspecified atom stereocenters. The lowest BCUT2D eigenvalue weighted by molar-refractivity contribution is 0.0716. The molecule has 1 aliphatic heterocycles. The third-order valence-corrected chi connectivity index (χ3v) is 7.07. The Hall–Kier alpha value is -2.75. The number of aromatic amines is 1. The minimum atomic E-state index is -0.324. The number of amides is 1. The van der Waals surface area contributed by atoms with Gasteiger partial charge in [0.1, 0.15) is 5.82 Å². The third kappa shape index (κ3) is 4.03. The average Bonchev–Trinajstić information content (AvgIpc) is 3.46. The van der Waals surface area contributed by atoms with Gasteiger partial charge in [-0.2, -0.15) is 0 Å². The van der Waals surface area contributed by atoms with E-state index in [4.69, 9.17) is 28.2 Å². The Morgan fingerprint density at radius 1 is 1.22 bits per heavy atom. The summed E-state index contributed by atoms with van der Waals surface area (Å²) in [7, 11) is 0. The molecule has 164 valence electrons. The molecule has 32 heavy (non-hydrogen) atoms. The van der Waals surface area contributed by atoms with E-state index >= 15 is 0 Å². The molecule has 3 aromatic heterocycles. The molecule has 1 aliphatic rings. The Labute approximate surface area is 196 Å². The first-order valence-electron chi connectivity index (χ1n) is 10.1. The van der Waals surface area contributed by atoms with Crippen molar-refractivity contribution in [1.82, 2.24) is 29.9 Å². The Bertz CT molecular complexity index is 1340. The highest BCUT2D eigenvalue weighted by molar-refractivity contribution is 7.12. The van der Waals surface area contributed by atoms with Crippen molar-refractivity contribution in [3.05, 3.63) is 72.4 Å². The van der Waals surface area contributed by atoms with Crippen LogP contribution < -0.4 is 5.56 Å². The topological polar surface area (TPSA) is 96.8 Å². The second-order valence-corrected chi connectivity index (χ2v) is 9.44. The summed E-state index contributed by atoms with van der Waals surface area (Å²) in [6.45, 7) is 1.54. The third-order valence-electron chi connectivity index (χ3n) is 5.63. The molecule has 1 fully saturated rings. The number of benzene rings is 1. The molecule has 1 N–H and O–H groups in total. The van der Waals surface area contributed by atoms with Gasteiger partial charge >= 0.3 is 0 Å². The van der Waals surface area contributed by atoms with Crippen LogP contribution in [0.4, 0.5) is 0 Å². The molecule has 1 saturated heterocycles. The minimum Gasteiger partial charge on any atom is -0.338 e. The van der Waals surface area contributed by atoms with Crippen LogP contribution >= 0.6 is 34.5 Å². The van der Waals surface area contributed by atoms with Crippen LogP contribution in [0.5, 0.6) is 0 Å². The van der Waals surface area contributed by atoms with Crippen molar-refractivity contribution in [2.24, 2.45) is 0 Å². The number of piperidine rings is 1. The summed E-state index contributed by atoms with van der Waals surface area (Å²) in [5.74, 6) is 0.691. The SMILES string of the molecule is O=C(c1cccs1)N1CCC(c2nc3c(nnn3Cc3ccc(Cl)cc3Cl)c(=O)[nH]2)CC1. The van der Waals surface area contributed by atoms with Gasteiger partial charge in [-0.25, -0.2) is 9.67 Å². The van der Waals surface area contributed by atoms with Gasteiger partial charge in [-0.1, -0.05) is 40.5 Å². The molecule has 8 nitrogen and oxygen atoms in total. The second-order valence-electron chi connectivity index (χ2n) is 7.65. The lowest BCUT2D eigenvalue weighted by Gasteiger charge is -2.31. The zero-order valence-electron chi connectivity index (χ0n) is 16.8. The lowest BCUT2D eigenvalue weighted by atomic mass is 9.96. The van der Waals surface area contributed by atoms with E-state index in [9.17, 15) is 9.59 Å². The van der Waals surface area contributed by atoms with Crippen LogP contribution in [0.3, 0.4) is 0 Å². The number of fused-ring (bicyclic) bond motifs is 1. The van der Waals surface area contributed by atoms with Crippen LogP contribution in [-0.4, -0.2) is 48.9 Å². The van der Waals surface area contributed by atoms with Gasteiger partial charge in [0.2, 0.25) is 0 Å². The van der Waals surface area contributed by atoms with Crippen molar-refractivity contribution in [1.29, 1.82) is 0 Å². The number of thiophene rings is 1. The van der Waals surface area contributed by atoms with Gasteiger partial charge in [0, 0.05) is 29.1 Å². The first kappa shape index (κ1) is 21.1. The van der Waals surface area contributed by atoms with Gasteiger partial charge in [-0.05, 0) is 42.0 Å². The van der Waals surface area contributed by atoms with E-state index in [1.54, 1.807) is 16.8 Å². The van der Waals surface area contributed by atoms with Gasteiger partial charge in [-0.15, -0.1) is 16.4 Å². The average molecular weight is 489 g/mol. The summed E-state index contributed by atoms with van der Waals surface area (Å²) in [5, 5.41) is 11.1. The quantitative estimate of drug-likeness (QED) is 0.468. The molecule has 0 spiro atoms. The number of nitrogens with one attached hydrogen (secondary N) is 1. The van der Waals surface area contributed by atoms with E-state index < -0.39 is 0 Å². The Morgan fingerprint density at radius 3 is 2.75 bits per heavy atom. The first-order valence-corrected chi connectivity index (χ1v) is 11.7. The molecular weight excluding hydrogens is 471 g/mol. The zero-order chi connectivity index (χ0) is 22.2. The first-order chi connectivity index (χ1) is 15.5. The van der Waals surface area contributed by atoms with Crippen LogP contribution in [0, 0.1) is 0 Å². The number of rotatable bonds is 4. The highest BCUT2D eigenvalue weighted by Gasteiger charge is 2.27. The number of H-pyrrole nitrogens is 1.